The Morgan fingerprint density at radius 3 is 2.25 bits per heavy atom. The van der Waals surface area contributed by atoms with E-state index >= 15 is 0 Å². The van der Waals surface area contributed by atoms with E-state index in [9.17, 15) is 4.79 Å². The summed E-state index contributed by atoms with van der Waals surface area (Å²) in [6.07, 6.45) is 1.49. The molecule has 2 rings (SSSR count). The van der Waals surface area contributed by atoms with E-state index in [1.54, 1.807) is 32.4 Å². The number of hydrogen-bond acceptors (Lipinski definition) is 5. The van der Waals surface area contributed by atoms with E-state index in [1.807, 2.05) is 6.92 Å². The molecule has 0 saturated heterocycles. The number of pyridine rings is 1. The molecule has 0 aliphatic heterocycles. The maximum atomic E-state index is 12.3. The highest BCUT2D eigenvalue weighted by atomic mass is 35.5. The topological polar surface area (TPSA) is 69.7 Å². The predicted molar refractivity (Wildman–Crippen MR) is 91.2 cm³/mol. The van der Waals surface area contributed by atoms with Crippen LogP contribution in [0.25, 0.3) is 0 Å². The average molecular weight is 351 g/mol. The monoisotopic (exact) mass is 350 g/mol. The number of hydrogen-bond donors (Lipinski definition) is 1. The Balaban J connectivity index is 2.26. The van der Waals surface area contributed by atoms with Crippen molar-refractivity contribution in [2.75, 3.05) is 21.3 Å². The molecule has 0 bridgehead atoms. The quantitative estimate of drug-likeness (QED) is 0.866. The minimum Gasteiger partial charge on any atom is -0.493 e. The second-order valence-corrected chi connectivity index (χ2v) is 5.45. The number of ether oxygens (including phenoxy) is 3. The van der Waals surface area contributed by atoms with Crippen LogP contribution in [0.1, 0.15) is 29.0 Å². The third-order valence-corrected chi connectivity index (χ3v) is 3.72. The van der Waals surface area contributed by atoms with Gasteiger partial charge in [0.25, 0.3) is 5.91 Å². The molecule has 0 radical (unpaired) electrons. The summed E-state index contributed by atoms with van der Waals surface area (Å²) in [6.45, 7) is 1.85. The molecular formula is C17H19ClN2O4. The van der Waals surface area contributed by atoms with Crippen molar-refractivity contribution in [2.45, 2.75) is 13.0 Å². The Morgan fingerprint density at radius 2 is 1.75 bits per heavy atom. The van der Waals surface area contributed by atoms with Crippen molar-refractivity contribution in [3.63, 3.8) is 0 Å². The molecule has 1 N–H and O–H groups in total. The molecule has 1 atom stereocenters. The number of benzene rings is 1. The fraction of sp³-hybridized carbons (Fsp3) is 0.294. The smallest absolute Gasteiger partial charge is 0.270 e. The lowest BCUT2D eigenvalue weighted by Gasteiger charge is -2.18. The molecule has 0 aliphatic carbocycles. The van der Waals surface area contributed by atoms with E-state index < -0.39 is 0 Å². The van der Waals surface area contributed by atoms with Gasteiger partial charge in [0.05, 0.1) is 27.4 Å². The molecule has 1 amide bonds. The largest absolute Gasteiger partial charge is 0.493 e. The lowest BCUT2D eigenvalue weighted by molar-refractivity contribution is 0.0934. The van der Waals surface area contributed by atoms with Crippen molar-refractivity contribution in [3.05, 3.63) is 46.7 Å². The third kappa shape index (κ3) is 3.89. The van der Waals surface area contributed by atoms with Crippen LogP contribution in [-0.4, -0.2) is 32.2 Å². The summed E-state index contributed by atoms with van der Waals surface area (Å²) in [7, 11) is 4.62. The number of rotatable bonds is 6. The van der Waals surface area contributed by atoms with E-state index in [1.165, 1.54) is 19.4 Å². The van der Waals surface area contributed by atoms with Gasteiger partial charge in [0.1, 0.15) is 5.69 Å². The van der Waals surface area contributed by atoms with Gasteiger partial charge in [0.2, 0.25) is 5.75 Å². The SMILES string of the molecule is COc1cc(C(C)NC(=O)c2cc(Cl)ccn2)cc(OC)c1OC. The van der Waals surface area contributed by atoms with Gasteiger partial charge >= 0.3 is 0 Å². The Kier molecular flexibility index (Phi) is 5.87. The number of amides is 1. The highest BCUT2D eigenvalue weighted by Gasteiger charge is 2.18. The number of methoxy groups -OCH3 is 3. The molecule has 7 heteroatoms. The number of halogens is 1. The lowest BCUT2D eigenvalue weighted by Crippen LogP contribution is -2.27. The predicted octanol–water partition coefficient (Wildman–Crippen LogP) is 3.25. The fourth-order valence-electron chi connectivity index (χ4n) is 2.23. The maximum absolute atomic E-state index is 12.3. The van der Waals surface area contributed by atoms with Crippen molar-refractivity contribution >= 4 is 17.5 Å². The van der Waals surface area contributed by atoms with Crippen LogP contribution >= 0.6 is 11.6 Å². The molecule has 0 fully saturated rings. The second kappa shape index (κ2) is 7.88. The number of nitrogens with one attached hydrogen (secondary N) is 1. The zero-order valence-electron chi connectivity index (χ0n) is 13.9. The van der Waals surface area contributed by atoms with Crippen LogP contribution in [0, 0.1) is 0 Å². The first-order chi connectivity index (χ1) is 11.5. The first-order valence-electron chi connectivity index (χ1n) is 7.22. The normalized spacial score (nSPS) is 11.5. The van der Waals surface area contributed by atoms with Crippen LogP contribution in [0.4, 0.5) is 0 Å². The molecule has 1 heterocycles. The summed E-state index contributed by atoms with van der Waals surface area (Å²) in [4.78, 5) is 16.3. The highest BCUT2D eigenvalue weighted by molar-refractivity contribution is 6.30. The molecule has 128 valence electrons. The van der Waals surface area contributed by atoms with Gasteiger partial charge in [0, 0.05) is 11.2 Å². The second-order valence-electron chi connectivity index (χ2n) is 5.01. The van der Waals surface area contributed by atoms with E-state index in [4.69, 9.17) is 25.8 Å². The Bertz CT molecular complexity index is 711. The Labute approximate surface area is 145 Å². The summed E-state index contributed by atoms with van der Waals surface area (Å²) < 4.78 is 15.9. The van der Waals surface area contributed by atoms with Crippen LogP contribution in [0.15, 0.2) is 30.5 Å². The van der Waals surface area contributed by atoms with E-state index in [0.717, 1.165) is 5.56 Å². The average Bonchev–Trinajstić information content (AvgIpc) is 2.60. The van der Waals surface area contributed by atoms with Crippen molar-refractivity contribution < 1.29 is 19.0 Å². The minimum atomic E-state index is -0.321. The maximum Gasteiger partial charge on any atom is 0.270 e. The van der Waals surface area contributed by atoms with E-state index in [-0.39, 0.29) is 17.6 Å². The summed E-state index contributed by atoms with van der Waals surface area (Å²) >= 11 is 5.89. The van der Waals surface area contributed by atoms with Crippen LogP contribution < -0.4 is 19.5 Å². The van der Waals surface area contributed by atoms with Gasteiger partial charge in [-0.1, -0.05) is 11.6 Å². The molecule has 6 nitrogen and oxygen atoms in total. The van der Waals surface area contributed by atoms with Crippen molar-refractivity contribution in [1.29, 1.82) is 0 Å². The lowest BCUT2D eigenvalue weighted by atomic mass is 10.1. The molecule has 1 aromatic carbocycles. The first-order valence-corrected chi connectivity index (χ1v) is 7.60. The van der Waals surface area contributed by atoms with Crippen molar-refractivity contribution in [1.82, 2.24) is 10.3 Å². The fourth-order valence-corrected chi connectivity index (χ4v) is 2.39. The highest BCUT2D eigenvalue weighted by Crippen LogP contribution is 2.39. The van der Waals surface area contributed by atoms with Gasteiger partial charge in [-0.15, -0.1) is 0 Å². The van der Waals surface area contributed by atoms with E-state index in [0.29, 0.717) is 22.3 Å². The molecule has 24 heavy (non-hydrogen) atoms. The van der Waals surface area contributed by atoms with Crippen molar-refractivity contribution in [3.8, 4) is 17.2 Å². The van der Waals surface area contributed by atoms with Gasteiger partial charge in [-0.25, -0.2) is 0 Å². The van der Waals surface area contributed by atoms with Crippen LogP contribution in [0.2, 0.25) is 5.02 Å². The molecule has 0 spiro atoms. The van der Waals surface area contributed by atoms with Crippen molar-refractivity contribution in [2.24, 2.45) is 0 Å². The van der Waals surface area contributed by atoms with Crippen LogP contribution in [-0.2, 0) is 0 Å². The number of carbonyl (C=O) groups is 1. The zero-order chi connectivity index (χ0) is 17.7. The van der Waals surface area contributed by atoms with E-state index in [2.05, 4.69) is 10.3 Å². The molecule has 0 saturated carbocycles. The molecule has 1 aromatic heterocycles. The number of nitrogens with zero attached hydrogens (tertiary/aromatic N) is 1. The van der Waals surface area contributed by atoms with Gasteiger partial charge in [0.15, 0.2) is 11.5 Å². The summed E-state index contributed by atoms with van der Waals surface area (Å²) in [5.41, 5.74) is 1.06. The number of carbonyl (C=O) groups excluding carboxylic acids is 1. The van der Waals surface area contributed by atoms with Gasteiger partial charge < -0.3 is 19.5 Å². The summed E-state index contributed by atoms with van der Waals surface area (Å²) in [6, 6.07) is 6.40. The summed E-state index contributed by atoms with van der Waals surface area (Å²) in [5.74, 6) is 1.22. The van der Waals surface area contributed by atoms with Gasteiger partial charge in [-0.3, -0.25) is 9.78 Å². The summed E-state index contributed by atoms with van der Waals surface area (Å²) in [5, 5.41) is 3.32. The standard InChI is InChI=1S/C17H19ClN2O4/c1-10(20-17(21)13-9-12(18)5-6-19-13)11-7-14(22-2)16(24-4)15(8-11)23-3/h5-10H,1-4H3,(H,20,21). The van der Waals surface area contributed by atoms with Gasteiger partial charge in [-0.05, 0) is 36.8 Å². The molecule has 2 aromatic rings. The number of aromatic nitrogens is 1. The molecule has 1 unspecified atom stereocenters. The van der Waals surface area contributed by atoms with Crippen LogP contribution in [0.3, 0.4) is 0 Å². The first kappa shape index (κ1) is 17.9. The minimum absolute atomic E-state index is 0.252. The Morgan fingerprint density at radius 1 is 1.12 bits per heavy atom. The zero-order valence-corrected chi connectivity index (χ0v) is 14.7. The molecular weight excluding hydrogens is 332 g/mol. The molecule has 0 aliphatic rings. The van der Waals surface area contributed by atoms with Crippen LogP contribution in [0.5, 0.6) is 17.2 Å². The third-order valence-electron chi connectivity index (χ3n) is 3.49. The van der Waals surface area contributed by atoms with Gasteiger partial charge in [-0.2, -0.15) is 0 Å². The Hall–Kier alpha value is -2.47.